The molecule has 0 saturated carbocycles. The van der Waals surface area contributed by atoms with Crippen molar-refractivity contribution in [2.45, 2.75) is 149 Å². The molecule has 0 aromatic heterocycles. The minimum atomic E-state index is -0.000524. The van der Waals surface area contributed by atoms with Crippen molar-refractivity contribution in [2.24, 2.45) is 0 Å². The Balaban J connectivity index is 3.69. The van der Waals surface area contributed by atoms with Gasteiger partial charge in [-0.15, -0.1) is 11.6 Å². The van der Waals surface area contributed by atoms with Gasteiger partial charge in [-0.25, -0.2) is 0 Å². The molecule has 0 aliphatic carbocycles. The van der Waals surface area contributed by atoms with Crippen molar-refractivity contribution in [3.63, 3.8) is 0 Å². The summed E-state index contributed by atoms with van der Waals surface area (Å²) in [7, 11) is 0. The number of hydrogen-bond acceptors (Lipinski definition) is 2. The third-order valence-corrected chi connectivity index (χ3v) is 5.94. The molecule has 0 N–H and O–H groups in total. The van der Waals surface area contributed by atoms with Crippen molar-refractivity contribution in [3.05, 3.63) is 0 Å². The molecule has 0 rings (SSSR count). The summed E-state index contributed by atoms with van der Waals surface area (Å²) in [6, 6.07) is 0. The zero-order valence-electron chi connectivity index (χ0n) is 20.0. The fourth-order valence-corrected chi connectivity index (χ4v) is 3.89. The summed E-state index contributed by atoms with van der Waals surface area (Å²) < 4.78 is 12.2. The molecule has 0 fully saturated rings. The third kappa shape index (κ3) is 24.4. The highest BCUT2D eigenvalue weighted by atomic mass is 35.5. The van der Waals surface area contributed by atoms with Crippen molar-refractivity contribution in [1.82, 2.24) is 0 Å². The second-order valence-corrected chi connectivity index (χ2v) is 9.04. The van der Waals surface area contributed by atoms with E-state index in [0.29, 0.717) is 0 Å². The third-order valence-electron chi connectivity index (χ3n) is 5.68. The standard InChI is InChI=1S/C26H53ClO2/c1-3-5-7-9-11-13-15-20-24-28-26(22-18-17-19-23-27)29-25-21-16-14-12-10-8-6-4-2/h26H,3-25H2,1-2H3. The van der Waals surface area contributed by atoms with Crippen LogP contribution in [0.4, 0.5) is 0 Å². The summed E-state index contributed by atoms with van der Waals surface area (Å²) >= 11 is 5.80. The van der Waals surface area contributed by atoms with Gasteiger partial charge in [0.25, 0.3) is 0 Å². The molecule has 0 spiro atoms. The average Bonchev–Trinajstić information content (AvgIpc) is 2.73. The summed E-state index contributed by atoms with van der Waals surface area (Å²) in [5, 5.41) is 0. The van der Waals surface area contributed by atoms with E-state index in [1.54, 1.807) is 0 Å². The summed E-state index contributed by atoms with van der Waals surface area (Å²) in [6.07, 6.45) is 25.9. The van der Waals surface area contributed by atoms with Crippen LogP contribution in [0.2, 0.25) is 0 Å². The highest BCUT2D eigenvalue weighted by molar-refractivity contribution is 6.17. The largest absolute Gasteiger partial charge is 0.353 e. The minimum Gasteiger partial charge on any atom is -0.353 e. The van der Waals surface area contributed by atoms with E-state index in [1.165, 1.54) is 109 Å². The summed E-state index contributed by atoms with van der Waals surface area (Å²) in [5.41, 5.74) is 0. The van der Waals surface area contributed by atoms with Crippen LogP contribution in [-0.2, 0) is 9.47 Å². The number of alkyl halides is 1. The maximum absolute atomic E-state index is 6.08. The second-order valence-electron chi connectivity index (χ2n) is 8.66. The van der Waals surface area contributed by atoms with Gasteiger partial charge in [-0.3, -0.25) is 0 Å². The first-order valence-corrected chi connectivity index (χ1v) is 13.7. The maximum Gasteiger partial charge on any atom is 0.157 e. The summed E-state index contributed by atoms with van der Waals surface area (Å²) in [6.45, 7) is 6.26. The lowest BCUT2D eigenvalue weighted by atomic mass is 10.1. The highest BCUT2D eigenvalue weighted by Crippen LogP contribution is 2.14. The number of halogens is 1. The Morgan fingerprint density at radius 1 is 0.483 bits per heavy atom. The SMILES string of the molecule is CCCCCCCCCCOC(CCCCCCl)OCCCCCCCCCC. The molecule has 3 heteroatoms. The topological polar surface area (TPSA) is 18.5 Å². The van der Waals surface area contributed by atoms with Gasteiger partial charge in [-0.05, 0) is 32.1 Å². The van der Waals surface area contributed by atoms with Gasteiger partial charge in [-0.2, -0.15) is 0 Å². The molecule has 29 heavy (non-hydrogen) atoms. The van der Waals surface area contributed by atoms with Crippen molar-refractivity contribution in [1.29, 1.82) is 0 Å². The molecule has 0 atom stereocenters. The van der Waals surface area contributed by atoms with Crippen LogP contribution < -0.4 is 0 Å². The van der Waals surface area contributed by atoms with Crippen molar-refractivity contribution in [3.8, 4) is 0 Å². The van der Waals surface area contributed by atoms with Crippen LogP contribution in [-0.4, -0.2) is 25.4 Å². The van der Waals surface area contributed by atoms with Crippen LogP contribution in [0.15, 0.2) is 0 Å². The Labute approximate surface area is 188 Å². The molecule has 0 unspecified atom stereocenters. The fraction of sp³-hybridized carbons (Fsp3) is 1.00. The molecule has 176 valence electrons. The van der Waals surface area contributed by atoms with E-state index in [9.17, 15) is 0 Å². The molecule has 2 nitrogen and oxygen atoms in total. The summed E-state index contributed by atoms with van der Waals surface area (Å²) in [4.78, 5) is 0. The lowest BCUT2D eigenvalue weighted by Crippen LogP contribution is -2.19. The van der Waals surface area contributed by atoms with Crippen LogP contribution in [0.5, 0.6) is 0 Å². The molecule has 0 aromatic rings. The molecule has 0 saturated heterocycles. The quantitative estimate of drug-likeness (QED) is 0.0811. The van der Waals surface area contributed by atoms with Crippen molar-refractivity contribution in [2.75, 3.05) is 19.1 Å². The molecule has 0 amide bonds. The van der Waals surface area contributed by atoms with Gasteiger partial charge in [0.05, 0.1) is 0 Å². The van der Waals surface area contributed by atoms with E-state index in [1.807, 2.05) is 0 Å². The fourth-order valence-electron chi connectivity index (χ4n) is 3.70. The first-order chi connectivity index (χ1) is 14.3. The van der Waals surface area contributed by atoms with Gasteiger partial charge >= 0.3 is 0 Å². The summed E-state index contributed by atoms with van der Waals surface area (Å²) in [5.74, 6) is 0.767. The second kappa shape index (κ2) is 26.2. The van der Waals surface area contributed by atoms with Gasteiger partial charge in [0.15, 0.2) is 6.29 Å². The number of ether oxygens (including phenoxy) is 2. The monoisotopic (exact) mass is 432 g/mol. The molecule has 0 aromatic carbocycles. The van der Waals surface area contributed by atoms with Gasteiger partial charge in [0.2, 0.25) is 0 Å². The van der Waals surface area contributed by atoms with E-state index in [-0.39, 0.29) is 6.29 Å². The first-order valence-electron chi connectivity index (χ1n) is 13.1. The average molecular weight is 433 g/mol. The van der Waals surface area contributed by atoms with Crippen LogP contribution in [0.3, 0.4) is 0 Å². The van der Waals surface area contributed by atoms with Gasteiger partial charge in [0.1, 0.15) is 0 Å². The Bertz CT molecular complexity index is 264. The Kier molecular flexibility index (Phi) is 26.4. The van der Waals surface area contributed by atoms with Crippen molar-refractivity contribution >= 4 is 11.6 Å². The van der Waals surface area contributed by atoms with E-state index in [4.69, 9.17) is 21.1 Å². The lowest BCUT2D eigenvalue weighted by molar-refractivity contribution is -0.148. The predicted molar refractivity (Wildman–Crippen MR) is 130 cm³/mol. The molecular formula is C26H53ClO2. The molecular weight excluding hydrogens is 380 g/mol. The van der Waals surface area contributed by atoms with Crippen LogP contribution in [0, 0.1) is 0 Å². The molecule has 0 heterocycles. The predicted octanol–water partition coefficient (Wildman–Crippen LogP) is 9.43. The van der Waals surface area contributed by atoms with E-state index >= 15 is 0 Å². The van der Waals surface area contributed by atoms with Gasteiger partial charge in [0, 0.05) is 19.1 Å². The van der Waals surface area contributed by atoms with Crippen LogP contribution in [0.25, 0.3) is 0 Å². The number of hydrogen-bond donors (Lipinski definition) is 0. The zero-order valence-corrected chi connectivity index (χ0v) is 20.8. The smallest absolute Gasteiger partial charge is 0.157 e. The normalized spacial score (nSPS) is 11.6. The van der Waals surface area contributed by atoms with Gasteiger partial charge < -0.3 is 9.47 Å². The molecule has 0 bridgehead atoms. The lowest BCUT2D eigenvalue weighted by Gasteiger charge is -2.19. The maximum atomic E-state index is 6.08. The molecule has 0 aliphatic rings. The van der Waals surface area contributed by atoms with Crippen LogP contribution >= 0.6 is 11.6 Å². The number of unbranched alkanes of at least 4 members (excludes halogenated alkanes) is 16. The number of rotatable bonds is 25. The Hall–Kier alpha value is 0.210. The minimum absolute atomic E-state index is 0.000524. The molecule has 0 aliphatic heterocycles. The van der Waals surface area contributed by atoms with Crippen molar-refractivity contribution < 1.29 is 9.47 Å². The zero-order chi connectivity index (χ0) is 21.3. The first kappa shape index (κ1) is 29.2. The van der Waals surface area contributed by atoms with E-state index < -0.39 is 0 Å². The Morgan fingerprint density at radius 3 is 1.28 bits per heavy atom. The van der Waals surface area contributed by atoms with E-state index in [2.05, 4.69) is 13.8 Å². The van der Waals surface area contributed by atoms with E-state index in [0.717, 1.165) is 38.4 Å². The highest BCUT2D eigenvalue weighted by Gasteiger charge is 2.09. The molecule has 0 radical (unpaired) electrons. The Morgan fingerprint density at radius 2 is 0.862 bits per heavy atom. The van der Waals surface area contributed by atoms with Crippen LogP contribution in [0.1, 0.15) is 142 Å². The van der Waals surface area contributed by atoms with Gasteiger partial charge in [-0.1, -0.05) is 110 Å².